The second-order valence-corrected chi connectivity index (χ2v) is 9.26. The molecule has 31 heavy (non-hydrogen) atoms. The summed E-state index contributed by atoms with van der Waals surface area (Å²) in [7, 11) is 0. The van der Waals surface area contributed by atoms with Gasteiger partial charge in [0.1, 0.15) is 5.75 Å². The number of hydrazone groups is 1. The van der Waals surface area contributed by atoms with Gasteiger partial charge in [0.05, 0.1) is 44.2 Å². The van der Waals surface area contributed by atoms with E-state index in [9.17, 15) is 0 Å². The Morgan fingerprint density at radius 2 is 1.77 bits per heavy atom. The van der Waals surface area contributed by atoms with E-state index in [1.807, 2.05) is 0 Å². The Kier molecular flexibility index (Phi) is 4.50. The number of likely N-dealkylation sites (tertiary alicyclic amines) is 1. The van der Waals surface area contributed by atoms with Crippen molar-refractivity contribution in [1.29, 1.82) is 0 Å². The fourth-order valence-electron chi connectivity index (χ4n) is 5.70. The molecule has 4 nitrogen and oxygen atoms in total. The monoisotopic (exact) mass is 412 g/mol. The van der Waals surface area contributed by atoms with E-state index in [2.05, 4.69) is 78.7 Å². The third-order valence-corrected chi connectivity index (χ3v) is 7.33. The highest BCUT2D eigenvalue weighted by molar-refractivity contribution is 6.04. The van der Waals surface area contributed by atoms with Crippen molar-refractivity contribution < 1.29 is 9.64 Å². The zero-order valence-electron chi connectivity index (χ0n) is 18.2. The maximum Gasteiger partial charge on any atom is 0.208 e. The summed E-state index contributed by atoms with van der Waals surface area (Å²) in [5.74, 6) is 1.05. The normalized spacial score (nSPS) is 27.0. The Balaban J connectivity index is 1.39. The van der Waals surface area contributed by atoms with Gasteiger partial charge in [-0.15, -0.1) is 0 Å². The van der Waals surface area contributed by atoms with Gasteiger partial charge in [-0.25, -0.2) is 5.01 Å². The third-order valence-electron chi connectivity index (χ3n) is 7.33. The summed E-state index contributed by atoms with van der Waals surface area (Å²) in [5.41, 5.74) is 3.37. The molecule has 1 saturated heterocycles. The summed E-state index contributed by atoms with van der Waals surface area (Å²) >= 11 is 0. The highest BCUT2D eigenvalue weighted by atomic mass is 16.5. The predicted octanol–water partition coefficient (Wildman–Crippen LogP) is 4.17. The predicted molar refractivity (Wildman–Crippen MR) is 125 cm³/mol. The van der Waals surface area contributed by atoms with Crippen LogP contribution in [0.5, 0.6) is 5.75 Å². The second kappa shape index (κ2) is 7.38. The first kappa shape index (κ1) is 18.9. The van der Waals surface area contributed by atoms with Gasteiger partial charge < -0.3 is 9.64 Å². The highest BCUT2D eigenvalue weighted by Gasteiger charge is 2.52. The van der Waals surface area contributed by atoms with Crippen molar-refractivity contribution in [2.24, 2.45) is 5.10 Å². The number of nitrogens with zero attached hydrogens (tertiary/aromatic N) is 2. The van der Waals surface area contributed by atoms with Crippen LogP contribution in [0.3, 0.4) is 0 Å². The number of quaternary nitrogens is 1. The van der Waals surface area contributed by atoms with Gasteiger partial charge in [0, 0.05) is 12.0 Å². The van der Waals surface area contributed by atoms with Crippen molar-refractivity contribution in [1.82, 2.24) is 5.01 Å². The van der Waals surface area contributed by atoms with Crippen molar-refractivity contribution >= 4 is 16.5 Å². The Hall–Kier alpha value is -2.85. The first-order valence-corrected chi connectivity index (χ1v) is 11.7. The molecule has 0 saturated carbocycles. The molecule has 1 atom stereocenters. The molecule has 4 heteroatoms. The first-order valence-electron chi connectivity index (χ1n) is 11.7. The van der Waals surface area contributed by atoms with Crippen LogP contribution in [0.2, 0.25) is 0 Å². The van der Waals surface area contributed by atoms with Gasteiger partial charge in [-0.1, -0.05) is 61.5 Å². The summed E-state index contributed by atoms with van der Waals surface area (Å²) in [6.45, 7) is 5.84. The maximum atomic E-state index is 6.76. The molecule has 0 unspecified atom stereocenters. The average molecular weight is 413 g/mol. The van der Waals surface area contributed by atoms with Crippen LogP contribution < -0.4 is 9.64 Å². The number of nitrogens with one attached hydrogen (secondary N) is 1. The summed E-state index contributed by atoms with van der Waals surface area (Å²) in [6.07, 6.45) is 4.23. The van der Waals surface area contributed by atoms with Crippen molar-refractivity contribution in [3.63, 3.8) is 0 Å². The number of para-hydroxylation sites is 1. The largest absolute Gasteiger partial charge is 0.466 e. The van der Waals surface area contributed by atoms with E-state index in [0.29, 0.717) is 0 Å². The molecule has 0 aromatic heterocycles. The molecule has 3 aromatic rings. The summed E-state index contributed by atoms with van der Waals surface area (Å²) in [4.78, 5) is 1.70. The molecule has 0 aliphatic carbocycles. The molecule has 3 aromatic carbocycles. The number of hydrogen-bond acceptors (Lipinski definition) is 3. The van der Waals surface area contributed by atoms with E-state index < -0.39 is 0 Å². The van der Waals surface area contributed by atoms with Crippen LogP contribution in [0, 0.1) is 0 Å². The smallest absolute Gasteiger partial charge is 0.208 e. The van der Waals surface area contributed by atoms with Crippen molar-refractivity contribution in [2.75, 3.05) is 19.6 Å². The lowest BCUT2D eigenvalue weighted by Gasteiger charge is -2.50. The topological polar surface area (TPSA) is 29.3 Å². The minimum absolute atomic E-state index is 0.263. The molecule has 0 amide bonds. The lowest BCUT2D eigenvalue weighted by Crippen LogP contribution is -3.14. The number of rotatable bonds is 3. The molecule has 1 N–H and O–H groups in total. The van der Waals surface area contributed by atoms with Gasteiger partial charge in [-0.05, 0) is 34.9 Å². The van der Waals surface area contributed by atoms with Crippen LogP contribution in [0.25, 0.3) is 10.8 Å². The molecule has 3 aliphatic rings. The van der Waals surface area contributed by atoms with Crippen LogP contribution >= 0.6 is 0 Å². The number of benzene rings is 3. The molecule has 3 heterocycles. The summed E-state index contributed by atoms with van der Waals surface area (Å²) < 4.78 is 6.76. The van der Waals surface area contributed by atoms with Gasteiger partial charge >= 0.3 is 0 Å². The Bertz CT molecular complexity index is 1150. The Morgan fingerprint density at radius 1 is 1.00 bits per heavy atom. The lowest BCUT2D eigenvalue weighted by molar-refractivity contribution is -0.908. The lowest BCUT2D eigenvalue weighted by atomic mass is 9.90. The first-order chi connectivity index (χ1) is 15.3. The number of piperidine rings is 1. The summed E-state index contributed by atoms with van der Waals surface area (Å²) in [5, 5.41) is 10.1. The molecular formula is C27H30N3O+. The minimum atomic E-state index is -0.311. The molecule has 158 valence electrons. The zero-order valence-corrected chi connectivity index (χ0v) is 18.2. The number of fused-ring (bicyclic) bond motifs is 5. The quantitative estimate of drug-likeness (QED) is 0.700. The summed E-state index contributed by atoms with van der Waals surface area (Å²) in [6, 6.07) is 24.2. The molecule has 6 rings (SSSR count). The Morgan fingerprint density at radius 3 is 2.61 bits per heavy atom. The molecule has 3 aliphatic heterocycles. The SMILES string of the molecule is CCC[NH+]1CCC2(CC1)Oc1ccccc1[C@@H]1CC(c3ccc4ccccc4c3)=NN12. The van der Waals surface area contributed by atoms with Crippen LogP contribution in [-0.4, -0.2) is 36.1 Å². The van der Waals surface area contributed by atoms with Gasteiger partial charge in [0.2, 0.25) is 5.72 Å². The molecule has 0 bridgehead atoms. The van der Waals surface area contributed by atoms with Gasteiger partial charge in [-0.3, -0.25) is 0 Å². The van der Waals surface area contributed by atoms with Gasteiger partial charge in [-0.2, -0.15) is 5.10 Å². The van der Waals surface area contributed by atoms with E-state index in [-0.39, 0.29) is 11.8 Å². The Labute approximate surface area is 184 Å². The zero-order chi connectivity index (χ0) is 20.8. The van der Waals surface area contributed by atoms with Crippen LogP contribution in [0.4, 0.5) is 0 Å². The standard InChI is InChI=1S/C27H29N3O/c1-2-15-29-16-13-27(14-17-29)30-25(23-9-5-6-10-26(23)31-27)19-24(28-30)22-12-11-20-7-3-4-8-21(20)18-22/h3-12,18,25H,2,13-17,19H2,1H3/p+1/t25-/m0/s1. The van der Waals surface area contributed by atoms with Crippen LogP contribution in [0.1, 0.15) is 49.8 Å². The molecule has 1 spiro atoms. The van der Waals surface area contributed by atoms with Crippen LogP contribution in [-0.2, 0) is 0 Å². The third kappa shape index (κ3) is 3.12. The van der Waals surface area contributed by atoms with E-state index in [1.54, 1.807) is 4.90 Å². The molecule has 0 radical (unpaired) electrons. The molecule has 1 fully saturated rings. The van der Waals surface area contributed by atoms with E-state index in [4.69, 9.17) is 9.84 Å². The number of ether oxygens (including phenoxy) is 1. The van der Waals surface area contributed by atoms with E-state index >= 15 is 0 Å². The van der Waals surface area contributed by atoms with E-state index in [1.165, 1.54) is 40.6 Å². The number of hydrogen-bond donors (Lipinski definition) is 1. The van der Waals surface area contributed by atoms with Crippen molar-refractivity contribution in [3.8, 4) is 5.75 Å². The van der Waals surface area contributed by atoms with Gasteiger partial charge in [0.15, 0.2) is 0 Å². The average Bonchev–Trinajstić information content (AvgIpc) is 3.28. The van der Waals surface area contributed by atoms with Crippen LogP contribution in [0.15, 0.2) is 71.8 Å². The fourth-order valence-corrected chi connectivity index (χ4v) is 5.70. The van der Waals surface area contributed by atoms with E-state index in [0.717, 1.165) is 38.1 Å². The fraction of sp³-hybridized carbons (Fsp3) is 0.370. The second-order valence-electron chi connectivity index (χ2n) is 9.26. The van der Waals surface area contributed by atoms with Crippen molar-refractivity contribution in [2.45, 2.75) is 44.4 Å². The van der Waals surface area contributed by atoms with Gasteiger partial charge in [0.25, 0.3) is 0 Å². The maximum absolute atomic E-state index is 6.76. The minimum Gasteiger partial charge on any atom is -0.466 e. The molecular weight excluding hydrogens is 382 g/mol. The van der Waals surface area contributed by atoms with Crippen molar-refractivity contribution in [3.05, 3.63) is 77.9 Å². The highest BCUT2D eigenvalue weighted by Crippen LogP contribution is 2.49.